The first-order valence-corrected chi connectivity index (χ1v) is 6.21. The van der Waals surface area contributed by atoms with Crippen molar-refractivity contribution in [1.82, 2.24) is 10.2 Å². The van der Waals surface area contributed by atoms with E-state index in [0.29, 0.717) is 6.54 Å². The molecule has 1 aromatic rings. The molecule has 0 heterocycles. The molecule has 108 valence electrons. The molecule has 0 saturated heterocycles. The molecule has 5 heteroatoms. The Morgan fingerprint density at radius 2 is 1.89 bits per heavy atom. The topological polar surface area (TPSA) is 47.9 Å². The lowest BCUT2D eigenvalue weighted by Crippen LogP contribution is -2.38. The number of hydrogen-bond donors (Lipinski definition) is 2. The Labute approximate surface area is 132 Å². The van der Waals surface area contributed by atoms with Gasteiger partial charge >= 0.3 is 0 Å². The van der Waals surface area contributed by atoms with Crippen LogP contribution in [0.3, 0.4) is 0 Å². The molecule has 0 aliphatic heterocycles. The van der Waals surface area contributed by atoms with Gasteiger partial charge in [-0.15, -0.1) is 24.0 Å². The molecule has 4 nitrogen and oxygen atoms in total. The minimum absolute atomic E-state index is 0. The van der Waals surface area contributed by atoms with Gasteiger partial charge in [0.1, 0.15) is 5.60 Å². The first-order chi connectivity index (χ1) is 8.47. The van der Waals surface area contributed by atoms with Crippen molar-refractivity contribution in [2.75, 3.05) is 27.2 Å². The Bertz CT molecular complexity index is 391. The van der Waals surface area contributed by atoms with E-state index in [1.165, 1.54) is 0 Å². The molecule has 2 N–H and O–H groups in total. The molecule has 0 aliphatic carbocycles. The Morgan fingerprint density at radius 1 is 1.32 bits per heavy atom. The highest BCUT2D eigenvalue weighted by Gasteiger charge is 2.22. The Hall–Kier alpha value is -0.820. The van der Waals surface area contributed by atoms with Gasteiger partial charge in [0, 0.05) is 20.6 Å². The summed E-state index contributed by atoms with van der Waals surface area (Å²) < 4.78 is 0. The van der Waals surface area contributed by atoms with Crippen LogP contribution in [0.5, 0.6) is 0 Å². The molecule has 0 fully saturated rings. The van der Waals surface area contributed by atoms with E-state index in [-0.39, 0.29) is 24.0 Å². The maximum atomic E-state index is 10.4. The van der Waals surface area contributed by atoms with Crippen molar-refractivity contribution < 1.29 is 5.11 Å². The van der Waals surface area contributed by atoms with Crippen LogP contribution in [0.1, 0.15) is 19.4 Å². The number of nitrogens with zero attached hydrogens (tertiary/aromatic N) is 2. The summed E-state index contributed by atoms with van der Waals surface area (Å²) >= 11 is 0. The molecule has 0 spiro atoms. The average Bonchev–Trinajstić information content (AvgIpc) is 2.35. The summed E-state index contributed by atoms with van der Waals surface area (Å²) in [6, 6.07) is 9.61. The van der Waals surface area contributed by atoms with E-state index in [1.54, 1.807) is 6.92 Å². The Kier molecular flexibility index (Phi) is 8.01. The Balaban J connectivity index is 0.00000324. The maximum Gasteiger partial charge on any atom is 0.193 e. The lowest BCUT2D eigenvalue weighted by Gasteiger charge is -2.23. The summed E-state index contributed by atoms with van der Waals surface area (Å²) in [4.78, 5) is 6.35. The van der Waals surface area contributed by atoms with E-state index >= 15 is 0 Å². The van der Waals surface area contributed by atoms with Crippen molar-refractivity contribution in [1.29, 1.82) is 0 Å². The monoisotopic (exact) mass is 377 g/mol. The molecule has 0 aromatic heterocycles. The van der Waals surface area contributed by atoms with Crippen LogP contribution in [0.2, 0.25) is 0 Å². The zero-order valence-corrected chi connectivity index (χ0v) is 14.4. The maximum absolute atomic E-state index is 10.4. The minimum atomic E-state index is -0.946. The fraction of sp³-hybridized carbons (Fsp3) is 0.500. The summed E-state index contributed by atoms with van der Waals surface area (Å²) in [5.74, 6) is 0.786. The number of nitrogens with one attached hydrogen (secondary N) is 1. The van der Waals surface area contributed by atoms with Crippen molar-refractivity contribution in [3.63, 3.8) is 0 Å². The molecule has 0 amide bonds. The van der Waals surface area contributed by atoms with Crippen molar-refractivity contribution >= 4 is 29.9 Å². The van der Waals surface area contributed by atoms with E-state index in [0.717, 1.165) is 18.1 Å². The quantitative estimate of drug-likeness (QED) is 0.480. The van der Waals surface area contributed by atoms with E-state index in [2.05, 4.69) is 10.3 Å². The van der Waals surface area contributed by atoms with Crippen LogP contribution in [0.25, 0.3) is 0 Å². The summed E-state index contributed by atoms with van der Waals surface area (Å²) in [5, 5.41) is 13.6. The highest BCUT2D eigenvalue weighted by molar-refractivity contribution is 14.0. The molecule has 0 radical (unpaired) electrons. The van der Waals surface area contributed by atoms with E-state index in [4.69, 9.17) is 0 Å². The number of hydrogen-bond acceptors (Lipinski definition) is 2. The summed E-state index contributed by atoms with van der Waals surface area (Å²) in [5.41, 5.74) is -0.0684. The van der Waals surface area contributed by atoms with Gasteiger partial charge in [0.25, 0.3) is 0 Å². The molecule has 1 atom stereocenters. The number of halogens is 1. The number of guanidine groups is 1. The molecule has 1 aromatic carbocycles. The van der Waals surface area contributed by atoms with Crippen molar-refractivity contribution in [2.24, 2.45) is 4.99 Å². The predicted octanol–water partition coefficient (Wildman–Crippen LogP) is 2.04. The molecular weight excluding hydrogens is 353 g/mol. The number of rotatable bonds is 4. The normalized spacial score (nSPS) is 14.3. The van der Waals surface area contributed by atoms with E-state index < -0.39 is 5.60 Å². The van der Waals surface area contributed by atoms with Gasteiger partial charge < -0.3 is 15.3 Å². The Morgan fingerprint density at radius 3 is 2.37 bits per heavy atom. The second kappa shape index (κ2) is 8.37. The molecule has 1 unspecified atom stereocenters. The van der Waals surface area contributed by atoms with Gasteiger partial charge in [0.15, 0.2) is 5.96 Å². The van der Waals surface area contributed by atoms with Crippen LogP contribution in [0, 0.1) is 0 Å². The lowest BCUT2D eigenvalue weighted by molar-refractivity contribution is 0.0671. The molecule has 0 saturated carbocycles. The average molecular weight is 377 g/mol. The van der Waals surface area contributed by atoms with Crippen LogP contribution in [0.4, 0.5) is 0 Å². The van der Waals surface area contributed by atoms with Gasteiger partial charge in [-0.05, 0) is 19.4 Å². The fourth-order valence-electron chi connectivity index (χ4n) is 1.63. The highest BCUT2D eigenvalue weighted by Crippen LogP contribution is 2.20. The number of aliphatic imine (C=N–C) groups is 1. The van der Waals surface area contributed by atoms with Crippen molar-refractivity contribution in [3.8, 4) is 0 Å². The summed E-state index contributed by atoms with van der Waals surface area (Å²) in [6.07, 6.45) is 0. The van der Waals surface area contributed by atoms with E-state index in [9.17, 15) is 5.11 Å². The molecule has 0 bridgehead atoms. The molecule has 0 aliphatic rings. The first-order valence-electron chi connectivity index (χ1n) is 6.21. The second-order valence-electron chi connectivity index (χ2n) is 4.70. The predicted molar refractivity (Wildman–Crippen MR) is 91.1 cm³/mol. The summed E-state index contributed by atoms with van der Waals surface area (Å²) in [6.45, 7) is 4.95. The smallest absolute Gasteiger partial charge is 0.193 e. The first kappa shape index (κ1) is 18.2. The third-order valence-electron chi connectivity index (χ3n) is 2.69. The largest absolute Gasteiger partial charge is 0.384 e. The van der Waals surface area contributed by atoms with Crippen LogP contribution in [-0.2, 0) is 5.60 Å². The highest BCUT2D eigenvalue weighted by atomic mass is 127. The number of aliphatic hydroxyl groups is 1. The lowest BCUT2D eigenvalue weighted by atomic mass is 9.96. The summed E-state index contributed by atoms with van der Waals surface area (Å²) in [7, 11) is 3.86. The van der Waals surface area contributed by atoms with Crippen LogP contribution < -0.4 is 5.32 Å². The van der Waals surface area contributed by atoms with E-state index in [1.807, 2.05) is 56.3 Å². The van der Waals surface area contributed by atoms with Crippen molar-refractivity contribution in [3.05, 3.63) is 35.9 Å². The van der Waals surface area contributed by atoms with Crippen LogP contribution in [0.15, 0.2) is 35.3 Å². The molecule has 1 rings (SSSR count). The SMILES string of the molecule is CCNC(=NCC(C)(O)c1ccccc1)N(C)C.I. The standard InChI is InChI=1S/C14H23N3O.HI/c1-5-15-13(17(3)4)16-11-14(2,18)12-9-7-6-8-10-12;/h6-10,18H,5,11H2,1-4H3,(H,15,16);1H. The molecular formula is C14H24IN3O. The van der Waals surface area contributed by atoms with Crippen LogP contribution in [-0.4, -0.2) is 43.2 Å². The van der Waals surface area contributed by atoms with Crippen LogP contribution >= 0.6 is 24.0 Å². The minimum Gasteiger partial charge on any atom is -0.384 e. The van der Waals surface area contributed by atoms with Gasteiger partial charge in [0.2, 0.25) is 0 Å². The second-order valence-corrected chi connectivity index (χ2v) is 4.70. The van der Waals surface area contributed by atoms with Gasteiger partial charge in [-0.1, -0.05) is 30.3 Å². The number of benzene rings is 1. The molecule has 19 heavy (non-hydrogen) atoms. The third-order valence-corrected chi connectivity index (χ3v) is 2.69. The zero-order valence-electron chi connectivity index (χ0n) is 12.1. The third kappa shape index (κ3) is 5.78. The fourth-order valence-corrected chi connectivity index (χ4v) is 1.63. The van der Waals surface area contributed by atoms with Crippen molar-refractivity contribution in [2.45, 2.75) is 19.4 Å². The van der Waals surface area contributed by atoms with Gasteiger partial charge in [-0.3, -0.25) is 0 Å². The zero-order chi connectivity index (χ0) is 13.6. The van der Waals surface area contributed by atoms with Gasteiger partial charge in [-0.25, -0.2) is 4.99 Å². The van der Waals surface area contributed by atoms with Gasteiger partial charge in [-0.2, -0.15) is 0 Å². The van der Waals surface area contributed by atoms with Gasteiger partial charge in [0.05, 0.1) is 6.54 Å².